The van der Waals surface area contributed by atoms with Crippen molar-refractivity contribution < 1.29 is 4.84 Å². The first-order chi connectivity index (χ1) is 5.33. The SMILES string of the molecule is CON=Cc1cccc(N)c1. The van der Waals surface area contributed by atoms with Crippen LogP contribution in [0.4, 0.5) is 5.69 Å². The molecule has 3 heteroatoms. The predicted molar refractivity (Wildman–Crippen MR) is 45.5 cm³/mol. The van der Waals surface area contributed by atoms with Gasteiger partial charge in [-0.25, -0.2) is 0 Å². The summed E-state index contributed by atoms with van der Waals surface area (Å²) in [7, 11) is 1.50. The molecule has 0 fully saturated rings. The van der Waals surface area contributed by atoms with Gasteiger partial charge in [0.15, 0.2) is 0 Å². The van der Waals surface area contributed by atoms with Crippen molar-refractivity contribution in [2.45, 2.75) is 0 Å². The number of nitrogens with zero attached hydrogens (tertiary/aromatic N) is 1. The van der Waals surface area contributed by atoms with Gasteiger partial charge in [0.05, 0.1) is 6.21 Å². The number of oxime groups is 1. The van der Waals surface area contributed by atoms with E-state index in [4.69, 9.17) is 5.73 Å². The topological polar surface area (TPSA) is 47.6 Å². The van der Waals surface area contributed by atoms with Crippen molar-refractivity contribution in [2.75, 3.05) is 12.8 Å². The summed E-state index contributed by atoms with van der Waals surface area (Å²) in [5, 5.41) is 3.60. The van der Waals surface area contributed by atoms with E-state index in [0.29, 0.717) is 0 Å². The van der Waals surface area contributed by atoms with Crippen LogP contribution >= 0.6 is 0 Å². The van der Waals surface area contributed by atoms with Crippen molar-refractivity contribution in [1.82, 2.24) is 0 Å². The molecule has 0 aliphatic carbocycles. The van der Waals surface area contributed by atoms with Crippen LogP contribution in [0.2, 0.25) is 0 Å². The summed E-state index contributed by atoms with van der Waals surface area (Å²) in [6.07, 6.45) is 1.61. The zero-order chi connectivity index (χ0) is 8.10. The fourth-order valence-corrected chi connectivity index (χ4v) is 0.753. The predicted octanol–water partition coefficient (Wildman–Crippen LogP) is 1.25. The number of hydrogen-bond acceptors (Lipinski definition) is 3. The molecule has 0 aliphatic heterocycles. The van der Waals surface area contributed by atoms with Crippen molar-refractivity contribution in [2.24, 2.45) is 5.16 Å². The van der Waals surface area contributed by atoms with Gasteiger partial charge >= 0.3 is 0 Å². The lowest BCUT2D eigenvalue weighted by molar-refractivity contribution is 0.215. The standard InChI is InChI=1S/C8H10N2O/c1-11-10-6-7-3-2-4-8(9)5-7/h2-6H,9H2,1H3. The molecule has 58 valence electrons. The van der Waals surface area contributed by atoms with Gasteiger partial charge in [-0.1, -0.05) is 17.3 Å². The number of hydrogen-bond donors (Lipinski definition) is 1. The largest absolute Gasteiger partial charge is 0.399 e. The van der Waals surface area contributed by atoms with E-state index < -0.39 is 0 Å². The minimum Gasteiger partial charge on any atom is -0.399 e. The van der Waals surface area contributed by atoms with E-state index in [0.717, 1.165) is 11.3 Å². The molecule has 1 aromatic carbocycles. The van der Waals surface area contributed by atoms with E-state index >= 15 is 0 Å². The van der Waals surface area contributed by atoms with Gasteiger partial charge in [0.25, 0.3) is 0 Å². The minimum absolute atomic E-state index is 0.727. The number of benzene rings is 1. The maximum atomic E-state index is 5.53. The summed E-state index contributed by atoms with van der Waals surface area (Å²) in [5.74, 6) is 0. The Morgan fingerprint density at radius 2 is 2.36 bits per heavy atom. The lowest BCUT2D eigenvalue weighted by Gasteiger charge is -1.93. The molecule has 0 bridgehead atoms. The monoisotopic (exact) mass is 150 g/mol. The Labute approximate surface area is 65.5 Å². The number of anilines is 1. The zero-order valence-electron chi connectivity index (χ0n) is 6.32. The van der Waals surface area contributed by atoms with Gasteiger partial charge in [0.1, 0.15) is 7.11 Å². The second kappa shape index (κ2) is 3.61. The van der Waals surface area contributed by atoms with Crippen LogP contribution in [0.1, 0.15) is 5.56 Å². The Hall–Kier alpha value is -1.51. The fourth-order valence-electron chi connectivity index (χ4n) is 0.753. The molecular weight excluding hydrogens is 140 g/mol. The van der Waals surface area contributed by atoms with E-state index in [9.17, 15) is 0 Å². The van der Waals surface area contributed by atoms with Gasteiger partial charge in [0, 0.05) is 5.69 Å². The first-order valence-corrected chi connectivity index (χ1v) is 3.25. The highest BCUT2D eigenvalue weighted by Gasteiger charge is 1.87. The Balaban J connectivity index is 2.79. The Bertz CT molecular complexity index is 258. The third-order valence-electron chi connectivity index (χ3n) is 1.22. The molecule has 0 atom stereocenters. The molecule has 0 unspecified atom stereocenters. The molecule has 3 nitrogen and oxygen atoms in total. The van der Waals surface area contributed by atoms with Gasteiger partial charge in [0.2, 0.25) is 0 Å². The Kier molecular flexibility index (Phi) is 2.49. The van der Waals surface area contributed by atoms with Crippen molar-refractivity contribution >= 4 is 11.9 Å². The van der Waals surface area contributed by atoms with E-state index in [1.807, 2.05) is 24.3 Å². The average Bonchev–Trinajstić information content (AvgIpc) is 2.01. The third-order valence-corrected chi connectivity index (χ3v) is 1.22. The zero-order valence-corrected chi connectivity index (χ0v) is 6.32. The Morgan fingerprint density at radius 1 is 1.55 bits per heavy atom. The van der Waals surface area contributed by atoms with Crippen molar-refractivity contribution in [3.05, 3.63) is 29.8 Å². The van der Waals surface area contributed by atoms with Gasteiger partial charge in [-0.2, -0.15) is 0 Å². The highest BCUT2D eigenvalue weighted by molar-refractivity contribution is 5.80. The minimum atomic E-state index is 0.727. The highest BCUT2D eigenvalue weighted by atomic mass is 16.6. The van der Waals surface area contributed by atoms with Gasteiger partial charge in [-0.05, 0) is 17.7 Å². The van der Waals surface area contributed by atoms with Crippen LogP contribution in [0, 0.1) is 0 Å². The van der Waals surface area contributed by atoms with Crippen molar-refractivity contribution in [3.8, 4) is 0 Å². The summed E-state index contributed by atoms with van der Waals surface area (Å²) >= 11 is 0. The van der Waals surface area contributed by atoms with Crippen LogP contribution in [0.5, 0.6) is 0 Å². The molecule has 0 amide bonds. The summed E-state index contributed by atoms with van der Waals surface area (Å²) in [6, 6.07) is 7.41. The van der Waals surface area contributed by atoms with Crippen LogP contribution in [0.3, 0.4) is 0 Å². The fraction of sp³-hybridized carbons (Fsp3) is 0.125. The molecule has 1 rings (SSSR count). The van der Waals surface area contributed by atoms with Crippen molar-refractivity contribution in [3.63, 3.8) is 0 Å². The van der Waals surface area contributed by atoms with E-state index in [2.05, 4.69) is 9.99 Å². The number of nitrogens with two attached hydrogens (primary N) is 1. The smallest absolute Gasteiger partial charge is 0.106 e. The van der Waals surface area contributed by atoms with Crippen LogP contribution in [0.25, 0.3) is 0 Å². The van der Waals surface area contributed by atoms with Crippen LogP contribution in [0.15, 0.2) is 29.4 Å². The maximum Gasteiger partial charge on any atom is 0.106 e. The summed E-state index contributed by atoms with van der Waals surface area (Å²) in [5.41, 5.74) is 7.19. The first kappa shape index (κ1) is 7.60. The van der Waals surface area contributed by atoms with Crippen LogP contribution < -0.4 is 5.73 Å². The second-order valence-corrected chi connectivity index (χ2v) is 2.09. The number of nitrogen functional groups attached to an aromatic ring is 1. The summed E-state index contributed by atoms with van der Waals surface area (Å²) < 4.78 is 0. The molecule has 0 heterocycles. The first-order valence-electron chi connectivity index (χ1n) is 3.25. The molecule has 0 aromatic heterocycles. The van der Waals surface area contributed by atoms with Crippen molar-refractivity contribution in [1.29, 1.82) is 0 Å². The maximum absolute atomic E-state index is 5.53. The summed E-state index contributed by atoms with van der Waals surface area (Å²) in [4.78, 5) is 4.51. The van der Waals surface area contributed by atoms with E-state index in [1.165, 1.54) is 7.11 Å². The van der Waals surface area contributed by atoms with E-state index in [-0.39, 0.29) is 0 Å². The van der Waals surface area contributed by atoms with Gasteiger partial charge in [-0.15, -0.1) is 0 Å². The molecule has 2 N–H and O–H groups in total. The number of rotatable bonds is 2. The second-order valence-electron chi connectivity index (χ2n) is 2.09. The molecule has 0 aliphatic rings. The summed E-state index contributed by atoms with van der Waals surface area (Å²) in [6.45, 7) is 0. The average molecular weight is 150 g/mol. The van der Waals surface area contributed by atoms with Crippen LogP contribution in [-0.4, -0.2) is 13.3 Å². The molecule has 0 saturated heterocycles. The quantitative estimate of drug-likeness (QED) is 0.392. The lowest BCUT2D eigenvalue weighted by Crippen LogP contribution is -1.87. The lowest BCUT2D eigenvalue weighted by atomic mass is 10.2. The molecular formula is C8H10N2O. The van der Waals surface area contributed by atoms with Gasteiger partial charge < -0.3 is 10.6 Å². The molecule has 0 spiro atoms. The molecule has 0 radical (unpaired) electrons. The normalized spacial score (nSPS) is 10.3. The molecule has 1 aromatic rings. The Morgan fingerprint density at radius 3 is 3.00 bits per heavy atom. The third kappa shape index (κ3) is 2.29. The van der Waals surface area contributed by atoms with E-state index in [1.54, 1.807) is 6.21 Å². The van der Waals surface area contributed by atoms with Gasteiger partial charge in [-0.3, -0.25) is 0 Å². The van der Waals surface area contributed by atoms with Crippen LogP contribution in [-0.2, 0) is 4.84 Å². The molecule has 0 saturated carbocycles. The highest BCUT2D eigenvalue weighted by Crippen LogP contribution is 2.03. The molecule has 11 heavy (non-hydrogen) atoms.